The van der Waals surface area contributed by atoms with Gasteiger partial charge in [0.25, 0.3) is 0 Å². The third-order valence-electron chi connectivity index (χ3n) is 3.39. The van der Waals surface area contributed by atoms with Gasteiger partial charge < -0.3 is 5.11 Å². The van der Waals surface area contributed by atoms with Crippen molar-refractivity contribution in [1.29, 1.82) is 0 Å². The molecule has 1 N–H and O–H groups in total. The van der Waals surface area contributed by atoms with Crippen LogP contribution in [-0.2, 0) is 9.78 Å². The van der Waals surface area contributed by atoms with E-state index in [1.165, 1.54) is 0 Å². The van der Waals surface area contributed by atoms with Crippen molar-refractivity contribution in [3.63, 3.8) is 0 Å². The summed E-state index contributed by atoms with van der Waals surface area (Å²) in [6, 6.07) is 0. The summed E-state index contributed by atoms with van der Waals surface area (Å²) in [5, 5.41) is 10.4. The second-order valence-electron chi connectivity index (χ2n) is 7.76. The zero-order valence-corrected chi connectivity index (χ0v) is 14.7. The van der Waals surface area contributed by atoms with E-state index in [0.717, 1.165) is 12.8 Å². The second-order valence-corrected chi connectivity index (χ2v) is 7.76. The molecule has 0 unspecified atom stereocenters. The second kappa shape index (κ2) is 6.47. The van der Waals surface area contributed by atoms with Crippen LogP contribution in [-0.4, -0.2) is 21.9 Å². The molecule has 0 aromatic heterocycles. The lowest BCUT2D eigenvalue weighted by Gasteiger charge is -2.33. The molecule has 0 aliphatic carbocycles. The highest BCUT2D eigenvalue weighted by Crippen LogP contribution is 2.29. The lowest BCUT2D eigenvalue weighted by atomic mass is 9.78. The quantitative estimate of drug-likeness (QED) is 0.469. The van der Waals surface area contributed by atoms with E-state index in [4.69, 9.17) is 9.78 Å². The third-order valence-corrected chi connectivity index (χ3v) is 3.39. The Bertz CT molecular complexity index is 362. The zero-order valence-electron chi connectivity index (χ0n) is 14.7. The number of aliphatic hydroxyl groups is 1. The SMILES string of the molecule is CCCC(C)(C)OOC(C)(C)C#C[C@](C)(O)C(C)(C)C. The standard InChI is InChI=1S/C17H32O3/c1-10-11-15(5,6)19-20-16(7,8)12-13-17(9,18)14(2,3)4/h18H,10-11H2,1-9H3/t17-/m0/s1. The Morgan fingerprint density at radius 2 is 1.35 bits per heavy atom. The van der Waals surface area contributed by atoms with E-state index >= 15 is 0 Å². The molecule has 3 nitrogen and oxygen atoms in total. The van der Waals surface area contributed by atoms with Gasteiger partial charge in [-0.3, -0.25) is 0 Å². The molecule has 0 amide bonds. The van der Waals surface area contributed by atoms with Gasteiger partial charge in [-0.25, -0.2) is 9.78 Å². The first-order chi connectivity index (χ1) is 8.72. The van der Waals surface area contributed by atoms with Gasteiger partial charge in [-0.1, -0.05) is 46.0 Å². The van der Waals surface area contributed by atoms with Crippen LogP contribution in [0.2, 0.25) is 0 Å². The van der Waals surface area contributed by atoms with Crippen LogP contribution in [0.1, 0.15) is 75.2 Å². The van der Waals surface area contributed by atoms with Gasteiger partial charge in [0, 0.05) is 5.41 Å². The summed E-state index contributed by atoms with van der Waals surface area (Å²) in [5.74, 6) is 5.88. The van der Waals surface area contributed by atoms with E-state index in [1.54, 1.807) is 6.92 Å². The van der Waals surface area contributed by atoms with Crippen molar-refractivity contribution in [1.82, 2.24) is 0 Å². The first kappa shape index (κ1) is 19.4. The summed E-state index contributed by atoms with van der Waals surface area (Å²) in [6.07, 6.45) is 1.94. The molecule has 0 saturated heterocycles. The van der Waals surface area contributed by atoms with E-state index in [-0.39, 0.29) is 11.0 Å². The monoisotopic (exact) mass is 284 g/mol. The van der Waals surface area contributed by atoms with Gasteiger partial charge in [-0.2, -0.15) is 0 Å². The minimum atomic E-state index is -1.08. The Hall–Kier alpha value is -0.560. The normalized spacial score (nSPS) is 16.3. The molecule has 0 rings (SSSR count). The molecule has 0 heterocycles. The molecule has 0 spiro atoms. The van der Waals surface area contributed by atoms with Crippen molar-refractivity contribution in [2.45, 2.75) is 92.0 Å². The molecule has 0 saturated carbocycles. The maximum atomic E-state index is 10.4. The van der Waals surface area contributed by atoms with Gasteiger partial charge >= 0.3 is 0 Å². The first-order valence-electron chi connectivity index (χ1n) is 7.36. The van der Waals surface area contributed by atoms with Crippen LogP contribution in [0, 0.1) is 17.3 Å². The van der Waals surface area contributed by atoms with Gasteiger partial charge in [0.05, 0.1) is 5.60 Å². The molecule has 0 bridgehead atoms. The first-order valence-corrected chi connectivity index (χ1v) is 7.36. The van der Waals surface area contributed by atoms with E-state index in [9.17, 15) is 5.11 Å². The Morgan fingerprint density at radius 3 is 1.75 bits per heavy atom. The van der Waals surface area contributed by atoms with Crippen molar-refractivity contribution in [3.8, 4) is 11.8 Å². The Morgan fingerprint density at radius 1 is 0.850 bits per heavy atom. The van der Waals surface area contributed by atoms with Crippen molar-refractivity contribution >= 4 is 0 Å². The van der Waals surface area contributed by atoms with Crippen molar-refractivity contribution in [2.24, 2.45) is 5.41 Å². The van der Waals surface area contributed by atoms with Gasteiger partial charge in [0.1, 0.15) is 5.60 Å². The van der Waals surface area contributed by atoms with Crippen LogP contribution in [0.3, 0.4) is 0 Å². The van der Waals surface area contributed by atoms with E-state index in [1.807, 2.05) is 48.5 Å². The van der Waals surface area contributed by atoms with Crippen molar-refractivity contribution in [2.75, 3.05) is 0 Å². The van der Waals surface area contributed by atoms with Gasteiger partial charge in [0.2, 0.25) is 0 Å². The summed E-state index contributed by atoms with van der Waals surface area (Å²) < 4.78 is 0. The highest BCUT2D eigenvalue weighted by atomic mass is 17.2. The fourth-order valence-electron chi connectivity index (χ4n) is 1.34. The maximum Gasteiger partial charge on any atom is 0.158 e. The summed E-state index contributed by atoms with van der Waals surface area (Å²) in [5.41, 5.74) is -2.49. The van der Waals surface area contributed by atoms with Gasteiger partial charge in [0.15, 0.2) is 5.60 Å². The average Bonchev–Trinajstić information content (AvgIpc) is 2.23. The molecule has 0 aromatic rings. The molecule has 20 heavy (non-hydrogen) atoms. The Labute approximate surface area is 125 Å². The third kappa shape index (κ3) is 6.74. The molecular formula is C17H32O3. The fraction of sp³-hybridized carbons (Fsp3) is 0.882. The van der Waals surface area contributed by atoms with Gasteiger partial charge in [-0.05, 0) is 41.0 Å². The van der Waals surface area contributed by atoms with Crippen LogP contribution >= 0.6 is 0 Å². The molecule has 0 aliphatic heterocycles. The minimum Gasteiger partial charge on any atom is -0.377 e. The summed E-state index contributed by atoms with van der Waals surface area (Å²) >= 11 is 0. The van der Waals surface area contributed by atoms with Gasteiger partial charge in [-0.15, -0.1) is 0 Å². The van der Waals surface area contributed by atoms with Crippen LogP contribution in [0.5, 0.6) is 0 Å². The lowest BCUT2D eigenvalue weighted by Crippen LogP contribution is -2.39. The largest absolute Gasteiger partial charge is 0.377 e. The topological polar surface area (TPSA) is 38.7 Å². The molecule has 1 atom stereocenters. The Balaban J connectivity index is 4.78. The smallest absolute Gasteiger partial charge is 0.158 e. The molecule has 0 aliphatic rings. The minimum absolute atomic E-state index is 0.321. The summed E-state index contributed by atoms with van der Waals surface area (Å²) in [7, 11) is 0. The van der Waals surface area contributed by atoms with Crippen LogP contribution in [0.15, 0.2) is 0 Å². The van der Waals surface area contributed by atoms with Crippen LogP contribution in [0.25, 0.3) is 0 Å². The highest BCUT2D eigenvalue weighted by molar-refractivity contribution is 5.21. The van der Waals surface area contributed by atoms with E-state index < -0.39 is 11.2 Å². The summed E-state index contributed by atoms with van der Waals surface area (Å²) in [6.45, 7) is 17.3. The highest BCUT2D eigenvalue weighted by Gasteiger charge is 2.34. The molecular weight excluding hydrogens is 252 g/mol. The predicted octanol–water partition coefficient (Wildman–Crippen LogP) is 4.09. The fourth-order valence-corrected chi connectivity index (χ4v) is 1.34. The average molecular weight is 284 g/mol. The molecule has 0 aromatic carbocycles. The van der Waals surface area contributed by atoms with E-state index in [0.29, 0.717) is 0 Å². The molecule has 0 radical (unpaired) electrons. The van der Waals surface area contributed by atoms with E-state index in [2.05, 4.69) is 18.8 Å². The molecule has 0 fully saturated rings. The number of hydrogen-bond donors (Lipinski definition) is 1. The Kier molecular flexibility index (Phi) is 6.29. The zero-order chi connectivity index (χ0) is 16.2. The number of hydrogen-bond acceptors (Lipinski definition) is 3. The van der Waals surface area contributed by atoms with Crippen LogP contribution in [0.4, 0.5) is 0 Å². The number of rotatable bonds is 5. The molecule has 3 heteroatoms. The summed E-state index contributed by atoms with van der Waals surface area (Å²) in [4.78, 5) is 11.0. The maximum absolute atomic E-state index is 10.4. The van der Waals surface area contributed by atoms with Crippen LogP contribution < -0.4 is 0 Å². The van der Waals surface area contributed by atoms with Crippen molar-refractivity contribution in [3.05, 3.63) is 0 Å². The van der Waals surface area contributed by atoms with Crippen molar-refractivity contribution < 1.29 is 14.9 Å². The molecule has 118 valence electrons. The predicted molar refractivity (Wildman–Crippen MR) is 83.1 cm³/mol. The lowest BCUT2D eigenvalue weighted by molar-refractivity contribution is -0.389.